The minimum absolute atomic E-state index is 0.123. The van der Waals surface area contributed by atoms with E-state index in [0.717, 1.165) is 19.3 Å². The zero-order valence-corrected chi connectivity index (χ0v) is 7.56. The Morgan fingerprint density at radius 1 is 1.60 bits per heavy atom. The largest absolute Gasteiger partial charge is 0.461 e. The second kappa shape index (κ2) is 3.37. The van der Waals surface area contributed by atoms with Crippen LogP contribution in [0.2, 0.25) is 0 Å². The van der Waals surface area contributed by atoms with Crippen LogP contribution in [-0.2, 0) is 9.53 Å². The fraction of sp³-hybridized carbons (Fsp3) is 0.857. The van der Waals surface area contributed by atoms with Crippen LogP contribution >= 0.6 is 15.9 Å². The molecule has 10 heavy (non-hydrogen) atoms. The summed E-state index contributed by atoms with van der Waals surface area (Å²) < 4.78 is 5.04. The molecule has 2 atom stereocenters. The third kappa shape index (κ3) is 1.97. The molecule has 58 valence electrons. The molecule has 1 saturated carbocycles. The van der Waals surface area contributed by atoms with E-state index in [9.17, 15) is 4.79 Å². The van der Waals surface area contributed by atoms with E-state index in [4.69, 9.17) is 4.74 Å². The van der Waals surface area contributed by atoms with Crippen LogP contribution in [0.15, 0.2) is 0 Å². The van der Waals surface area contributed by atoms with Crippen molar-refractivity contribution in [2.75, 3.05) is 0 Å². The molecule has 0 unspecified atom stereocenters. The van der Waals surface area contributed by atoms with Crippen molar-refractivity contribution in [2.45, 2.75) is 37.1 Å². The zero-order chi connectivity index (χ0) is 7.56. The summed E-state index contributed by atoms with van der Waals surface area (Å²) in [5.41, 5.74) is 0. The summed E-state index contributed by atoms with van der Waals surface area (Å²) in [5, 5.41) is 0. The predicted octanol–water partition coefficient (Wildman–Crippen LogP) is 1.87. The first-order chi connectivity index (χ1) is 4.70. The van der Waals surface area contributed by atoms with Crippen LogP contribution in [0.25, 0.3) is 0 Å². The maximum absolute atomic E-state index is 10.5. The molecule has 0 aromatic rings. The number of rotatable bonds is 1. The average Bonchev–Trinajstić information content (AvgIpc) is 2.15. The minimum atomic E-state index is -0.170. The van der Waals surface area contributed by atoms with Crippen LogP contribution in [0.3, 0.4) is 0 Å². The first kappa shape index (κ1) is 8.05. The molecule has 1 aliphatic carbocycles. The molecule has 1 aliphatic rings. The lowest BCUT2D eigenvalue weighted by Crippen LogP contribution is -2.20. The molecule has 0 aliphatic heterocycles. The monoisotopic (exact) mass is 206 g/mol. The molecule has 0 spiro atoms. The number of esters is 1. The van der Waals surface area contributed by atoms with Gasteiger partial charge in [-0.1, -0.05) is 15.9 Å². The van der Waals surface area contributed by atoms with E-state index in [2.05, 4.69) is 15.9 Å². The van der Waals surface area contributed by atoms with E-state index in [0.29, 0.717) is 4.83 Å². The van der Waals surface area contributed by atoms with Gasteiger partial charge in [0.2, 0.25) is 0 Å². The summed E-state index contributed by atoms with van der Waals surface area (Å²) in [7, 11) is 0. The summed E-state index contributed by atoms with van der Waals surface area (Å²) in [6.45, 7) is 1.46. The van der Waals surface area contributed by atoms with E-state index in [-0.39, 0.29) is 12.1 Å². The van der Waals surface area contributed by atoms with Crippen LogP contribution in [-0.4, -0.2) is 16.9 Å². The Labute approximate surface area is 69.1 Å². The van der Waals surface area contributed by atoms with Crippen LogP contribution in [0.5, 0.6) is 0 Å². The second-order valence-corrected chi connectivity index (χ2v) is 3.77. The van der Waals surface area contributed by atoms with E-state index < -0.39 is 0 Å². The van der Waals surface area contributed by atoms with Crippen LogP contribution in [0.1, 0.15) is 26.2 Å². The third-order valence-corrected chi connectivity index (χ3v) is 2.74. The molecule has 3 heteroatoms. The quantitative estimate of drug-likeness (QED) is 0.484. The molecule has 1 fully saturated rings. The van der Waals surface area contributed by atoms with Crippen molar-refractivity contribution in [3.05, 3.63) is 0 Å². The molecule has 0 bridgehead atoms. The van der Waals surface area contributed by atoms with Crippen molar-refractivity contribution in [3.63, 3.8) is 0 Å². The third-order valence-electron chi connectivity index (χ3n) is 1.69. The van der Waals surface area contributed by atoms with Gasteiger partial charge in [-0.25, -0.2) is 0 Å². The molecular weight excluding hydrogens is 196 g/mol. The highest BCUT2D eigenvalue weighted by molar-refractivity contribution is 9.09. The Bertz CT molecular complexity index is 136. The lowest BCUT2D eigenvalue weighted by molar-refractivity contribution is -0.145. The molecule has 0 aromatic carbocycles. The number of carbonyl (C=O) groups excluding carboxylic acids is 1. The number of ether oxygens (including phenoxy) is 1. The Kier molecular flexibility index (Phi) is 2.72. The van der Waals surface area contributed by atoms with Gasteiger partial charge in [0.25, 0.3) is 0 Å². The molecule has 2 nitrogen and oxygen atoms in total. The second-order valence-electron chi connectivity index (χ2n) is 2.59. The van der Waals surface area contributed by atoms with Crippen molar-refractivity contribution in [2.24, 2.45) is 0 Å². The topological polar surface area (TPSA) is 26.3 Å². The number of alkyl halides is 1. The Hall–Kier alpha value is -0.0500. The minimum Gasteiger partial charge on any atom is -0.461 e. The van der Waals surface area contributed by atoms with Gasteiger partial charge in [-0.15, -0.1) is 0 Å². The molecule has 0 N–H and O–H groups in total. The normalized spacial score (nSPS) is 32.2. The van der Waals surface area contributed by atoms with Gasteiger partial charge in [-0.3, -0.25) is 4.79 Å². The van der Waals surface area contributed by atoms with Crippen LogP contribution in [0, 0.1) is 0 Å². The molecule has 0 heterocycles. The summed E-state index contributed by atoms with van der Waals surface area (Å²) in [4.78, 5) is 10.9. The van der Waals surface area contributed by atoms with Crippen molar-refractivity contribution < 1.29 is 9.53 Å². The molecular formula is C7H11BrO2. The summed E-state index contributed by atoms with van der Waals surface area (Å²) in [6, 6.07) is 0. The van der Waals surface area contributed by atoms with Gasteiger partial charge < -0.3 is 4.74 Å². The predicted molar refractivity (Wildman–Crippen MR) is 42.1 cm³/mol. The summed E-state index contributed by atoms with van der Waals surface area (Å²) in [5.74, 6) is -0.170. The fourth-order valence-electron chi connectivity index (χ4n) is 1.23. The number of hydrogen-bond acceptors (Lipinski definition) is 2. The number of halogens is 1. The average molecular weight is 207 g/mol. The molecule has 0 radical (unpaired) electrons. The zero-order valence-electron chi connectivity index (χ0n) is 5.97. The molecule has 0 saturated heterocycles. The Morgan fingerprint density at radius 2 is 2.30 bits per heavy atom. The SMILES string of the molecule is CC(=O)O[C@@H]1CCC[C@H]1Br. The van der Waals surface area contributed by atoms with Gasteiger partial charge in [-0.05, 0) is 19.3 Å². The lowest BCUT2D eigenvalue weighted by Gasteiger charge is -2.12. The van der Waals surface area contributed by atoms with Gasteiger partial charge in [-0.2, -0.15) is 0 Å². The molecule has 0 amide bonds. The Morgan fingerprint density at radius 3 is 2.70 bits per heavy atom. The number of hydrogen-bond donors (Lipinski definition) is 0. The first-order valence-electron chi connectivity index (χ1n) is 3.51. The highest BCUT2D eigenvalue weighted by Gasteiger charge is 2.26. The molecule has 0 aromatic heterocycles. The lowest BCUT2D eigenvalue weighted by atomic mass is 10.3. The van der Waals surface area contributed by atoms with Gasteiger partial charge in [0.1, 0.15) is 6.10 Å². The Balaban J connectivity index is 2.33. The standard InChI is InChI=1S/C7H11BrO2/c1-5(9)10-7-4-2-3-6(7)8/h6-7H,2-4H2,1H3/t6-,7-/m1/s1. The maximum atomic E-state index is 10.5. The summed E-state index contributed by atoms with van der Waals surface area (Å²) >= 11 is 3.46. The smallest absolute Gasteiger partial charge is 0.302 e. The van der Waals surface area contributed by atoms with Crippen LogP contribution < -0.4 is 0 Å². The number of carbonyl (C=O) groups is 1. The fourth-order valence-corrected chi connectivity index (χ4v) is 1.92. The maximum Gasteiger partial charge on any atom is 0.302 e. The van der Waals surface area contributed by atoms with Gasteiger partial charge >= 0.3 is 5.97 Å². The molecule has 1 rings (SSSR count). The highest BCUT2D eigenvalue weighted by Crippen LogP contribution is 2.27. The van der Waals surface area contributed by atoms with E-state index >= 15 is 0 Å². The highest BCUT2D eigenvalue weighted by atomic mass is 79.9. The van der Waals surface area contributed by atoms with E-state index in [1.54, 1.807) is 0 Å². The van der Waals surface area contributed by atoms with Gasteiger partial charge in [0.15, 0.2) is 0 Å². The van der Waals surface area contributed by atoms with Crippen molar-refractivity contribution in [1.82, 2.24) is 0 Å². The summed E-state index contributed by atoms with van der Waals surface area (Å²) in [6.07, 6.45) is 3.42. The first-order valence-corrected chi connectivity index (χ1v) is 4.43. The van der Waals surface area contributed by atoms with E-state index in [1.807, 2.05) is 0 Å². The van der Waals surface area contributed by atoms with E-state index in [1.165, 1.54) is 6.92 Å². The van der Waals surface area contributed by atoms with Gasteiger partial charge in [0, 0.05) is 6.92 Å². The van der Waals surface area contributed by atoms with Crippen LogP contribution in [0.4, 0.5) is 0 Å². The van der Waals surface area contributed by atoms with Crippen molar-refractivity contribution >= 4 is 21.9 Å². The van der Waals surface area contributed by atoms with Crippen molar-refractivity contribution in [1.29, 1.82) is 0 Å². The van der Waals surface area contributed by atoms with Crippen molar-refractivity contribution in [3.8, 4) is 0 Å². The van der Waals surface area contributed by atoms with Gasteiger partial charge in [0.05, 0.1) is 4.83 Å².